The molecule has 0 bridgehead atoms. The molecule has 2 aliphatic heterocycles. The number of amides is 2. The fourth-order valence-corrected chi connectivity index (χ4v) is 4.50. The molecule has 0 aliphatic carbocycles. The maximum absolute atomic E-state index is 12.1. The summed E-state index contributed by atoms with van der Waals surface area (Å²) in [7, 11) is 0. The summed E-state index contributed by atoms with van der Waals surface area (Å²) in [6.07, 6.45) is 7.42. The Morgan fingerprint density at radius 3 is 2.42 bits per heavy atom. The fraction of sp³-hybridized carbons (Fsp3) is 0.583. The normalized spacial score (nSPS) is 18.7. The number of carbonyl (C=O) groups excluding carboxylic acids is 2. The number of hydrogen-bond acceptors (Lipinski definition) is 5. The Bertz CT molecular complexity index is 764. The highest BCUT2D eigenvalue weighted by molar-refractivity contribution is 5.91. The molecule has 0 spiro atoms. The summed E-state index contributed by atoms with van der Waals surface area (Å²) in [6.45, 7) is 8.70. The van der Waals surface area contributed by atoms with E-state index in [0.29, 0.717) is 12.0 Å². The first kappa shape index (κ1) is 23.3. The standard InChI is InChI=1S/C24H36N4O3/c1-18(2)24(30)28-13-9-19(10-14-28)17-25-21-11-15-27(16-12-21)22-6-4-3-5-20(22)7-8-23(29)26-31/h3-8,18-19,21,25,31H,9-17H2,1-2H3,(H,26,29)/b8-7+. The van der Waals surface area contributed by atoms with Crippen LogP contribution >= 0.6 is 0 Å². The topological polar surface area (TPSA) is 84.9 Å². The molecule has 0 radical (unpaired) electrons. The van der Waals surface area contributed by atoms with Gasteiger partial charge in [0.15, 0.2) is 0 Å². The number of benzene rings is 1. The van der Waals surface area contributed by atoms with Gasteiger partial charge in [0.2, 0.25) is 5.91 Å². The minimum atomic E-state index is -0.530. The predicted molar refractivity (Wildman–Crippen MR) is 123 cm³/mol. The van der Waals surface area contributed by atoms with Gasteiger partial charge < -0.3 is 15.1 Å². The highest BCUT2D eigenvalue weighted by atomic mass is 16.5. The molecule has 7 nitrogen and oxygen atoms in total. The number of hydroxylamine groups is 1. The molecule has 170 valence electrons. The van der Waals surface area contributed by atoms with Gasteiger partial charge >= 0.3 is 0 Å². The van der Waals surface area contributed by atoms with Gasteiger partial charge in [-0.1, -0.05) is 32.0 Å². The smallest absolute Gasteiger partial charge is 0.267 e. The number of nitrogens with zero attached hydrogens (tertiary/aromatic N) is 2. The minimum absolute atomic E-state index is 0.0901. The summed E-state index contributed by atoms with van der Waals surface area (Å²) < 4.78 is 0. The van der Waals surface area contributed by atoms with Crippen LogP contribution in [-0.4, -0.2) is 60.7 Å². The van der Waals surface area contributed by atoms with Crippen molar-refractivity contribution < 1.29 is 14.8 Å². The minimum Gasteiger partial charge on any atom is -0.371 e. The SMILES string of the molecule is CC(C)C(=O)N1CCC(CNC2CCN(c3ccccc3/C=C/C(=O)NO)CC2)CC1. The largest absolute Gasteiger partial charge is 0.371 e. The van der Waals surface area contributed by atoms with Crippen molar-refractivity contribution in [2.75, 3.05) is 37.6 Å². The predicted octanol–water partition coefficient (Wildman–Crippen LogP) is 2.66. The third kappa shape index (κ3) is 6.55. The van der Waals surface area contributed by atoms with Gasteiger partial charge in [0, 0.05) is 49.9 Å². The maximum Gasteiger partial charge on any atom is 0.267 e. The summed E-state index contributed by atoms with van der Waals surface area (Å²) >= 11 is 0. The third-order valence-electron chi connectivity index (χ3n) is 6.41. The van der Waals surface area contributed by atoms with Crippen LogP contribution in [0, 0.1) is 11.8 Å². The Labute approximate surface area is 185 Å². The van der Waals surface area contributed by atoms with Gasteiger partial charge in [-0.3, -0.25) is 14.8 Å². The zero-order chi connectivity index (χ0) is 22.2. The first-order valence-corrected chi connectivity index (χ1v) is 11.5. The lowest BCUT2D eigenvalue weighted by Crippen LogP contribution is -2.46. The lowest BCUT2D eigenvalue weighted by molar-refractivity contribution is -0.135. The zero-order valence-electron chi connectivity index (χ0n) is 18.7. The number of rotatable bonds is 7. The second-order valence-corrected chi connectivity index (χ2v) is 8.96. The Morgan fingerprint density at radius 2 is 1.77 bits per heavy atom. The maximum atomic E-state index is 12.1. The Kier molecular flexibility index (Phi) is 8.49. The highest BCUT2D eigenvalue weighted by Gasteiger charge is 2.26. The van der Waals surface area contributed by atoms with Crippen molar-refractivity contribution in [3.63, 3.8) is 0 Å². The summed E-state index contributed by atoms with van der Waals surface area (Å²) in [5.41, 5.74) is 3.72. The second kappa shape index (κ2) is 11.3. The van der Waals surface area contributed by atoms with E-state index in [9.17, 15) is 9.59 Å². The van der Waals surface area contributed by atoms with Crippen LogP contribution in [0.2, 0.25) is 0 Å². The second-order valence-electron chi connectivity index (χ2n) is 8.96. The molecule has 2 fully saturated rings. The molecule has 7 heteroatoms. The summed E-state index contributed by atoms with van der Waals surface area (Å²) in [5, 5.41) is 12.4. The van der Waals surface area contributed by atoms with E-state index in [-0.39, 0.29) is 11.8 Å². The van der Waals surface area contributed by atoms with Crippen molar-refractivity contribution in [3.8, 4) is 0 Å². The van der Waals surface area contributed by atoms with E-state index < -0.39 is 5.91 Å². The van der Waals surface area contributed by atoms with Gasteiger partial charge in [-0.05, 0) is 55.9 Å². The van der Waals surface area contributed by atoms with Crippen LogP contribution in [0.3, 0.4) is 0 Å². The number of nitrogens with one attached hydrogen (secondary N) is 2. The lowest BCUT2D eigenvalue weighted by Gasteiger charge is -2.37. The lowest BCUT2D eigenvalue weighted by atomic mass is 9.94. The van der Waals surface area contributed by atoms with Crippen LogP contribution in [0.4, 0.5) is 5.69 Å². The van der Waals surface area contributed by atoms with Crippen molar-refractivity contribution in [3.05, 3.63) is 35.9 Å². The molecule has 0 aromatic heterocycles. The van der Waals surface area contributed by atoms with Crippen LogP contribution in [0.5, 0.6) is 0 Å². The molecule has 0 saturated carbocycles. The van der Waals surface area contributed by atoms with E-state index in [4.69, 9.17) is 5.21 Å². The van der Waals surface area contributed by atoms with Gasteiger partial charge in [0.05, 0.1) is 0 Å². The van der Waals surface area contributed by atoms with Crippen molar-refractivity contribution in [1.29, 1.82) is 0 Å². The van der Waals surface area contributed by atoms with Gasteiger partial charge in [0.1, 0.15) is 0 Å². The number of carbonyl (C=O) groups is 2. The van der Waals surface area contributed by atoms with Crippen LogP contribution in [0.1, 0.15) is 45.1 Å². The van der Waals surface area contributed by atoms with E-state index in [0.717, 1.165) is 69.7 Å². The number of para-hydroxylation sites is 1. The summed E-state index contributed by atoms with van der Waals surface area (Å²) in [6, 6.07) is 8.55. The Morgan fingerprint density at radius 1 is 1.10 bits per heavy atom. The molecule has 0 unspecified atom stereocenters. The molecule has 2 aliphatic rings. The van der Waals surface area contributed by atoms with Crippen LogP contribution in [0.15, 0.2) is 30.3 Å². The summed E-state index contributed by atoms with van der Waals surface area (Å²) in [5.74, 6) is 0.494. The molecule has 0 atom stereocenters. The molecular formula is C24H36N4O3. The number of anilines is 1. The highest BCUT2D eigenvalue weighted by Crippen LogP contribution is 2.26. The molecule has 2 saturated heterocycles. The number of likely N-dealkylation sites (tertiary alicyclic amines) is 1. The van der Waals surface area contributed by atoms with E-state index in [1.807, 2.05) is 36.9 Å². The molecule has 31 heavy (non-hydrogen) atoms. The van der Waals surface area contributed by atoms with E-state index >= 15 is 0 Å². The van der Waals surface area contributed by atoms with Gasteiger partial charge in [0.25, 0.3) is 5.91 Å². The first-order valence-electron chi connectivity index (χ1n) is 11.5. The van der Waals surface area contributed by atoms with Crippen molar-refractivity contribution in [2.24, 2.45) is 11.8 Å². The average molecular weight is 429 g/mol. The quantitative estimate of drug-likeness (QED) is 0.353. The third-order valence-corrected chi connectivity index (χ3v) is 6.41. The van der Waals surface area contributed by atoms with E-state index in [1.54, 1.807) is 11.6 Å². The van der Waals surface area contributed by atoms with Crippen LogP contribution in [0.25, 0.3) is 6.08 Å². The number of hydrogen-bond donors (Lipinski definition) is 3. The molecule has 2 amide bonds. The van der Waals surface area contributed by atoms with Crippen LogP contribution in [-0.2, 0) is 9.59 Å². The summed E-state index contributed by atoms with van der Waals surface area (Å²) in [4.78, 5) is 27.8. The van der Waals surface area contributed by atoms with E-state index in [1.165, 1.54) is 6.08 Å². The average Bonchev–Trinajstić information content (AvgIpc) is 2.81. The molecule has 1 aromatic carbocycles. The Hall–Kier alpha value is -2.38. The fourth-order valence-electron chi connectivity index (χ4n) is 4.50. The molecule has 3 rings (SSSR count). The van der Waals surface area contributed by atoms with Gasteiger partial charge in [-0.2, -0.15) is 0 Å². The van der Waals surface area contributed by atoms with Crippen molar-refractivity contribution in [2.45, 2.75) is 45.6 Å². The number of piperidine rings is 2. The molecular weight excluding hydrogens is 392 g/mol. The van der Waals surface area contributed by atoms with Gasteiger partial charge in [-0.15, -0.1) is 0 Å². The van der Waals surface area contributed by atoms with Crippen molar-refractivity contribution >= 4 is 23.6 Å². The van der Waals surface area contributed by atoms with Gasteiger partial charge in [-0.25, -0.2) is 5.48 Å². The monoisotopic (exact) mass is 428 g/mol. The van der Waals surface area contributed by atoms with Crippen molar-refractivity contribution in [1.82, 2.24) is 15.7 Å². The molecule has 1 aromatic rings. The van der Waals surface area contributed by atoms with Crippen LogP contribution < -0.4 is 15.7 Å². The van der Waals surface area contributed by atoms with E-state index in [2.05, 4.69) is 16.3 Å². The first-order chi connectivity index (χ1) is 15.0. The Balaban J connectivity index is 1.43. The molecule has 3 N–H and O–H groups in total. The zero-order valence-corrected chi connectivity index (χ0v) is 18.7. The molecule has 2 heterocycles.